The van der Waals surface area contributed by atoms with E-state index in [1.54, 1.807) is 41.3 Å². The van der Waals surface area contributed by atoms with Crippen molar-refractivity contribution in [3.63, 3.8) is 0 Å². The summed E-state index contributed by atoms with van der Waals surface area (Å²) >= 11 is 0. The molecular formula is C33H43N3O4S. The SMILES string of the molecule is CC[C@H](C(=O)NCC(C)C)N(CCc1ccccc1)C(=O)CN(c1cccc(C)c1C)S(=O)(=O)c1ccc(C)cc1. The lowest BCUT2D eigenvalue weighted by Gasteiger charge is -2.34. The minimum atomic E-state index is -4.09. The van der Waals surface area contributed by atoms with E-state index in [1.807, 2.05) is 77.9 Å². The van der Waals surface area contributed by atoms with Crippen LogP contribution in [0.4, 0.5) is 5.69 Å². The second-order valence-corrected chi connectivity index (χ2v) is 12.8. The predicted molar refractivity (Wildman–Crippen MR) is 165 cm³/mol. The number of hydrogen-bond donors (Lipinski definition) is 1. The summed E-state index contributed by atoms with van der Waals surface area (Å²) in [7, 11) is -4.09. The lowest BCUT2D eigenvalue weighted by atomic mass is 10.1. The fourth-order valence-corrected chi connectivity index (χ4v) is 6.15. The van der Waals surface area contributed by atoms with Gasteiger partial charge < -0.3 is 10.2 Å². The van der Waals surface area contributed by atoms with E-state index in [0.29, 0.717) is 25.1 Å². The minimum absolute atomic E-state index is 0.106. The molecule has 0 unspecified atom stereocenters. The van der Waals surface area contributed by atoms with E-state index in [-0.39, 0.29) is 23.3 Å². The first kappa shape index (κ1) is 31.9. The highest BCUT2D eigenvalue weighted by Gasteiger charge is 2.34. The first-order valence-electron chi connectivity index (χ1n) is 14.2. The standard InChI is InChI=1S/C33H43N3O4S/c1-7-30(33(38)34-22-24(2)3)35(21-20-28-13-9-8-10-14-28)32(37)23-36(31-15-11-12-26(5)27(31)6)41(39,40)29-18-16-25(4)17-19-29/h8-19,24,30H,7,20-23H2,1-6H3,(H,34,38)/t30-/m1/s1. The van der Waals surface area contributed by atoms with E-state index in [2.05, 4.69) is 5.32 Å². The Balaban J connectivity index is 2.04. The monoisotopic (exact) mass is 577 g/mol. The van der Waals surface area contributed by atoms with E-state index < -0.39 is 28.5 Å². The Bertz CT molecular complexity index is 1420. The fourth-order valence-electron chi connectivity index (χ4n) is 4.68. The summed E-state index contributed by atoms with van der Waals surface area (Å²) in [6.45, 7) is 11.9. The Morgan fingerprint density at radius 3 is 2.15 bits per heavy atom. The topological polar surface area (TPSA) is 86.8 Å². The van der Waals surface area contributed by atoms with Crippen LogP contribution in [-0.4, -0.2) is 50.8 Å². The molecule has 0 heterocycles. The third-order valence-corrected chi connectivity index (χ3v) is 9.06. The highest BCUT2D eigenvalue weighted by atomic mass is 32.2. The highest BCUT2D eigenvalue weighted by Crippen LogP contribution is 2.29. The first-order valence-corrected chi connectivity index (χ1v) is 15.7. The molecule has 1 atom stereocenters. The largest absolute Gasteiger partial charge is 0.354 e. The molecule has 7 nitrogen and oxygen atoms in total. The van der Waals surface area contributed by atoms with Gasteiger partial charge in [-0.25, -0.2) is 8.42 Å². The lowest BCUT2D eigenvalue weighted by molar-refractivity contribution is -0.139. The van der Waals surface area contributed by atoms with Gasteiger partial charge in [0.25, 0.3) is 10.0 Å². The average Bonchev–Trinajstić information content (AvgIpc) is 2.95. The molecule has 0 aliphatic heterocycles. The molecule has 41 heavy (non-hydrogen) atoms. The van der Waals surface area contributed by atoms with Crippen LogP contribution >= 0.6 is 0 Å². The molecule has 1 N–H and O–H groups in total. The second kappa shape index (κ2) is 14.3. The van der Waals surface area contributed by atoms with Gasteiger partial charge in [-0.05, 0) is 74.4 Å². The highest BCUT2D eigenvalue weighted by molar-refractivity contribution is 7.92. The van der Waals surface area contributed by atoms with Crippen molar-refractivity contribution in [1.29, 1.82) is 0 Å². The number of carbonyl (C=O) groups is 2. The lowest BCUT2D eigenvalue weighted by Crippen LogP contribution is -2.53. The quantitative estimate of drug-likeness (QED) is 0.294. The van der Waals surface area contributed by atoms with Crippen molar-refractivity contribution in [1.82, 2.24) is 10.2 Å². The van der Waals surface area contributed by atoms with Crippen molar-refractivity contribution in [2.75, 3.05) is 23.9 Å². The van der Waals surface area contributed by atoms with Gasteiger partial charge in [-0.15, -0.1) is 0 Å². The predicted octanol–water partition coefficient (Wildman–Crippen LogP) is 5.43. The zero-order chi connectivity index (χ0) is 30.2. The molecule has 0 bridgehead atoms. The van der Waals surface area contributed by atoms with Gasteiger partial charge in [0.1, 0.15) is 12.6 Å². The summed E-state index contributed by atoms with van der Waals surface area (Å²) in [4.78, 5) is 29.1. The molecule has 3 aromatic rings. The van der Waals surface area contributed by atoms with Gasteiger partial charge in [-0.2, -0.15) is 0 Å². The van der Waals surface area contributed by atoms with Gasteiger partial charge in [0.05, 0.1) is 10.6 Å². The molecule has 3 rings (SSSR count). The zero-order valence-corrected chi connectivity index (χ0v) is 25.9. The van der Waals surface area contributed by atoms with Crippen molar-refractivity contribution in [3.05, 3.63) is 95.1 Å². The number of amides is 2. The Hall–Kier alpha value is -3.65. The summed E-state index contributed by atoms with van der Waals surface area (Å²) in [5.74, 6) is -0.407. The molecular weight excluding hydrogens is 534 g/mol. The van der Waals surface area contributed by atoms with Gasteiger partial charge in [0, 0.05) is 13.1 Å². The fraction of sp³-hybridized carbons (Fsp3) is 0.394. The van der Waals surface area contributed by atoms with Crippen LogP contribution in [0, 0.1) is 26.7 Å². The van der Waals surface area contributed by atoms with Crippen molar-refractivity contribution in [2.24, 2.45) is 5.92 Å². The van der Waals surface area contributed by atoms with Crippen LogP contribution < -0.4 is 9.62 Å². The number of rotatable bonds is 13. The van der Waals surface area contributed by atoms with Crippen molar-refractivity contribution >= 4 is 27.5 Å². The van der Waals surface area contributed by atoms with Crippen molar-refractivity contribution < 1.29 is 18.0 Å². The van der Waals surface area contributed by atoms with E-state index in [1.165, 1.54) is 4.31 Å². The van der Waals surface area contributed by atoms with Crippen molar-refractivity contribution in [2.45, 2.75) is 65.3 Å². The van der Waals surface area contributed by atoms with E-state index in [4.69, 9.17) is 0 Å². The maximum Gasteiger partial charge on any atom is 0.264 e. The van der Waals surface area contributed by atoms with Crippen molar-refractivity contribution in [3.8, 4) is 0 Å². The van der Waals surface area contributed by atoms with E-state index in [0.717, 1.165) is 22.3 Å². The van der Waals surface area contributed by atoms with Crippen LogP contribution in [0.25, 0.3) is 0 Å². The number of sulfonamides is 1. The molecule has 0 saturated carbocycles. The minimum Gasteiger partial charge on any atom is -0.354 e. The summed E-state index contributed by atoms with van der Waals surface area (Å²) in [5.41, 5.74) is 4.09. The van der Waals surface area contributed by atoms with Gasteiger partial charge in [0.2, 0.25) is 11.8 Å². The van der Waals surface area contributed by atoms with Crippen LogP contribution in [-0.2, 0) is 26.0 Å². The number of carbonyl (C=O) groups excluding carboxylic acids is 2. The van der Waals surface area contributed by atoms with Crippen LogP contribution in [0.3, 0.4) is 0 Å². The van der Waals surface area contributed by atoms with E-state index >= 15 is 0 Å². The van der Waals surface area contributed by atoms with Gasteiger partial charge in [0.15, 0.2) is 0 Å². The summed E-state index contributed by atoms with van der Waals surface area (Å²) in [5, 5.41) is 2.96. The molecule has 8 heteroatoms. The molecule has 0 fully saturated rings. The molecule has 220 valence electrons. The smallest absolute Gasteiger partial charge is 0.264 e. The molecule has 0 aliphatic rings. The number of anilines is 1. The van der Waals surface area contributed by atoms with Crippen LogP contribution in [0.5, 0.6) is 0 Å². The molecule has 0 aromatic heterocycles. The number of nitrogens with one attached hydrogen (secondary N) is 1. The zero-order valence-electron chi connectivity index (χ0n) is 25.1. The molecule has 0 aliphatic carbocycles. The van der Waals surface area contributed by atoms with Crippen LogP contribution in [0.2, 0.25) is 0 Å². The first-order chi connectivity index (χ1) is 19.4. The third kappa shape index (κ3) is 8.19. The Morgan fingerprint density at radius 1 is 0.878 bits per heavy atom. The number of benzene rings is 3. The normalized spacial score (nSPS) is 12.2. The Kier molecular flexibility index (Phi) is 11.1. The third-order valence-electron chi connectivity index (χ3n) is 7.29. The van der Waals surface area contributed by atoms with Crippen LogP contribution in [0.1, 0.15) is 49.4 Å². The molecule has 3 aromatic carbocycles. The van der Waals surface area contributed by atoms with Crippen LogP contribution in [0.15, 0.2) is 77.7 Å². The van der Waals surface area contributed by atoms with Gasteiger partial charge in [-0.1, -0.05) is 80.9 Å². The Labute approximate surface area is 245 Å². The summed E-state index contributed by atoms with van der Waals surface area (Å²) in [6.07, 6.45) is 0.938. The van der Waals surface area contributed by atoms with E-state index in [9.17, 15) is 18.0 Å². The summed E-state index contributed by atoms with van der Waals surface area (Å²) < 4.78 is 29.3. The molecule has 0 saturated heterocycles. The second-order valence-electron chi connectivity index (χ2n) is 10.9. The average molecular weight is 578 g/mol. The Morgan fingerprint density at radius 2 is 1.54 bits per heavy atom. The number of hydrogen-bond acceptors (Lipinski definition) is 4. The maximum atomic E-state index is 14.2. The number of aryl methyl sites for hydroxylation is 2. The maximum absolute atomic E-state index is 14.2. The molecule has 0 spiro atoms. The summed E-state index contributed by atoms with van der Waals surface area (Å²) in [6, 6.07) is 21.1. The number of nitrogens with zero attached hydrogens (tertiary/aromatic N) is 2. The molecule has 2 amide bonds. The van der Waals surface area contributed by atoms with Gasteiger partial charge >= 0.3 is 0 Å². The molecule has 0 radical (unpaired) electrons. The van der Waals surface area contributed by atoms with Gasteiger partial charge in [-0.3, -0.25) is 13.9 Å².